The van der Waals surface area contributed by atoms with E-state index in [9.17, 15) is 5.11 Å². The lowest BCUT2D eigenvalue weighted by Crippen LogP contribution is -2.19. The van der Waals surface area contributed by atoms with Gasteiger partial charge >= 0.3 is 0 Å². The highest BCUT2D eigenvalue weighted by molar-refractivity contribution is 9.10. The van der Waals surface area contributed by atoms with Gasteiger partial charge in [-0.15, -0.1) is 11.3 Å². The van der Waals surface area contributed by atoms with Crippen LogP contribution in [0.4, 0.5) is 0 Å². The maximum Gasteiger partial charge on any atom is 0.120 e. The predicted molar refractivity (Wildman–Crippen MR) is 82.5 cm³/mol. The minimum atomic E-state index is 0.139. The number of hydrogen-bond donors (Lipinski definition) is 2. The van der Waals surface area contributed by atoms with Crippen molar-refractivity contribution in [2.24, 2.45) is 0 Å². The topological polar surface area (TPSA) is 45.2 Å². The molecule has 3 nitrogen and oxygen atoms in total. The third-order valence-corrected chi connectivity index (χ3v) is 4.37. The average molecular weight is 341 g/mol. The Kier molecular flexibility index (Phi) is 4.96. The van der Waals surface area contributed by atoms with Crippen molar-refractivity contribution in [1.82, 2.24) is 10.3 Å². The number of benzene rings is 1. The molecule has 1 atom stereocenters. The number of phenolic OH excluding ortho intramolecular Hbond substituents is 1. The van der Waals surface area contributed by atoms with Gasteiger partial charge in [-0.2, -0.15) is 0 Å². The van der Waals surface area contributed by atoms with Crippen LogP contribution < -0.4 is 5.32 Å². The Bertz CT molecular complexity index is 556. The molecule has 0 aliphatic rings. The Morgan fingerprint density at radius 1 is 1.47 bits per heavy atom. The first-order valence-electron chi connectivity index (χ1n) is 6.23. The van der Waals surface area contributed by atoms with Crippen LogP contribution in [0, 0.1) is 6.92 Å². The summed E-state index contributed by atoms with van der Waals surface area (Å²) in [7, 11) is 0. The number of hydrogen-bond acceptors (Lipinski definition) is 4. The summed E-state index contributed by atoms with van der Waals surface area (Å²) < 4.78 is 0.981. The number of rotatable bonds is 5. The third-order valence-electron chi connectivity index (χ3n) is 2.97. The van der Waals surface area contributed by atoms with Crippen molar-refractivity contribution in [3.05, 3.63) is 44.3 Å². The Labute approximate surface area is 125 Å². The zero-order chi connectivity index (χ0) is 13.8. The van der Waals surface area contributed by atoms with E-state index in [0.717, 1.165) is 28.0 Å². The molecule has 0 amide bonds. The van der Waals surface area contributed by atoms with Crippen LogP contribution >= 0.6 is 27.3 Å². The lowest BCUT2D eigenvalue weighted by molar-refractivity contribution is 0.441. The molecule has 0 spiro atoms. The van der Waals surface area contributed by atoms with E-state index in [0.29, 0.717) is 5.75 Å². The first kappa shape index (κ1) is 14.5. The summed E-state index contributed by atoms with van der Waals surface area (Å²) in [5.74, 6) is 0.336. The van der Waals surface area contributed by atoms with Crippen molar-refractivity contribution in [2.45, 2.75) is 32.9 Å². The fraction of sp³-hybridized carbons (Fsp3) is 0.357. The van der Waals surface area contributed by atoms with Crippen LogP contribution in [0.3, 0.4) is 0 Å². The minimum Gasteiger partial charge on any atom is -0.508 e. The number of nitrogens with zero attached hydrogens (tertiary/aromatic N) is 1. The lowest BCUT2D eigenvalue weighted by Gasteiger charge is -2.18. The molecule has 0 radical (unpaired) electrons. The molecule has 0 saturated carbocycles. The summed E-state index contributed by atoms with van der Waals surface area (Å²) in [5, 5.41) is 14.5. The summed E-state index contributed by atoms with van der Waals surface area (Å²) in [5.41, 5.74) is 0.929. The summed E-state index contributed by atoms with van der Waals surface area (Å²) in [4.78, 5) is 5.46. The number of aromatic nitrogens is 1. The van der Waals surface area contributed by atoms with Crippen LogP contribution in [0.1, 0.15) is 34.8 Å². The molecule has 1 heterocycles. The summed E-state index contributed by atoms with van der Waals surface area (Å²) in [6.45, 7) is 4.89. The van der Waals surface area contributed by atoms with Crippen molar-refractivity contribution in [1.29, 1.82) is 0 Å². The van der Waals surface area contributed by atoms with E-state index in [4.69, 9.17) is 0 Å². The zero-order valence-corrected chi connectivity index (χ0v) is 13.4. The largest absolute Gasteiger partial charge is 0.508 e. The molecule has 5 heteroatoms. The number of aromatic hydroxyl groups is 1. The predicted octanol–water partition coefficient (Wildman–Crippen LogP) is 4.16. The molecule has 2 aromatic rings. The molecule has 2 N–H and O–H groups in total. The number of halogens is 1. The quantitative estimate of drug-likeness (QED) is 0.858. The molecule has 0 aliphatic heterocycles. The van der Waals surface area contributed by atoms with Crippen LogP contribution in [0.5, 0.6) is 5.75 Å². The molecule has 1 unspecified atom stereocenters. The lowest BCUT2D eigenvalue weighted by atomic mass is 10.0. The summed E-state index contributed by atoms with van der Waals surface area (Å²) in [6, 6.07) is 5.67. The average Bonchev–Trinajstić information content (AvgIpc) is 2.80. The van der Waals surface area contributed by atoms with E-state index in [-0.39, 0.29) is 6.04 Å². The monoisotopic (exact) mass is 340 g/mol. The van der Waals surface area contributed by atoms with Crippen LogP contribution in [0.25, 0.3) is 0 Å². The maximum absolute atomic E-state index is 9.97. The molecule has 0 fully saturated rings. The van der Waals surface area contributed by atoms with Crippen molar-refractivity contribution >= 4 is 27.3 Å². The molecule has 1 aromatic carbocycles. The summed E-state index contributed by atoms with van der Waals surface area (Å²) in [6.07, 6.45) is 2.82. The highest BCUT2D eigenvalue weighted by Gasteiger charge is 2.14. The van der Waals surface area contributed by atoms with Gasteiger partial charge in [0.2, 0.25) is 0 Å². The maximum atomic E-state index is 9.97. The van der Waals surface area contributed by atoms with Gasteiger partial charge in [0.15, 0.2) is 0 Å². The normalized spacial score (nSPS) is 12.6. The highest BCUT2D eigenvalue weighted by atomic mass is 79.9. The molecule has 19 heavy (non-hydrogen) atoms. The smallest absolute Gasteiger partial charge is 0.120 e. The van der Waals surface area contributed by atoms with Crippen molar-refractivity contribution in [3.63, 3.8) is 0 Å². The van der Waals surface area contributed by atoms with E-state index in [1.165, 1.54) is 4.88 Å². The molecule has 0 bridgehead atoms. The van der Waals surface area contributed by atoms with Crippen molar-refractivity contribution < 1.29 is 5.11 Å². The van der Waals surface area contributed by atoms with Crippen molar-refractivity contribution in [2.75, 3.05) is 0 Å². The van der Waals surface area contributed by atoms with Gasteiger partial charge in [-0.05, 0) is 31.5 Å². The fourth-order valence-electron chi connectivity index (χ4n) is 1.99. The fourth-order valence-corrected chi connectivity index (χ4v) is 3.11. The Morgan fingerprint density at radius 3 is 2.89 bits per heavy atom. The molecule has 2 rings (SSSR count). The number of aryl methyl sites for hydroxylation is 1. The van der Waals surface area contributed by atoms with Crippen LogP contribution in [-0.2, 0) is 6.54 Å². The van der Waals surface area contributed by atoms with E-state index < -0.39 is 0 Å². The molecule has 0 saturated heterocycles. The second kappa shape index (κ2) is 6.50. The third kappa shape index (κ3) is 3.78. The van der Waals surface area contributed by atoms with Gasteiger partial charge in [-0.25, -0.2) is 4.98 Å². The van der Waals surface area contributed by atoms with E-state index in [2.05, 4.69) is 33.2 Å². The van der Waals surface area contributed by atoms with Gasteiger partial charge in [-0.3, -0.25) is 0 Å². The van der Waals surface area contributed by atoms with Gasteiger partial charge in [0.25, 0.3) is 0 Å². The molecular weight excluding hydrogens is 324 g/mol. The second-order valence-corrected chi connectivity index (χ2v) is 6.63. The first-order valence-corrected chi connectivity index (χ1v) is 7.84. The first-order chi connectivity index (χ1) is 9.10. The van der Waals surface area contributed by atoms with Gasteiger partial charge < -0.3 is 10.4 Å². The van der Waals surface area contributed by atoms with Gasteiger partial charge in [0, 0.05) is 33.7 Å². The van der Waals surface area contributed by atoms with E-state index in [1.807, 2.05) is 25.3 Å². The molecule has 0 aliphatic carbocycles. The van der Waals surface area contributed by atoms with Crippen LogP contribution in [0.15, 0.2) is 28.9 Å². The Balaban J connectivity index is 2.09. The van der Waals surface area contributed by atoms with Crippen molar-refractivity contribution in [3.8, 4) is 5.75 Å². The molecule has 102 valence electrons. The molecular formula is C14H17BrN2OS. The number of nitrogens with one attached hydrogen (secondary N) is 1. The standard InChI is InChI=1S/C14H17BrN2OS/c1-3-13(12-6-10(15)4-5-14(12)18)17-8-11-7-16-9(2)19-11/h4-7,13,17-18H,3,8H2,1-2H3. The van der Waals surface area contributed by atoms with Crippen LogP contribution in [-0.4, -0.2) is 10.1 Å². The minimum absolute atomic E-state index is 0.139. The zero-order valence-electron chi connectivity index (χ0n) is 11.0. The van der Waals surface area contributed by atoms with Gasteiger partial charge in [0.05, 0.1) is 5.01 Å². The molecule has 1 aromatic heterocycles. The second-order valence-electron chi connectivity index (χ2n) is 4.39. The highest BCUT2D eigenvalue weighted by Crippen LogP contribution is 2.29. The number of thiazole rings is 1. The Morgan fingerprint density at radius 2 is 2.26 bits per heavy atom. The van der Waals surface area contributed by atoms with E-state index >= 15 is 0 Å². The van der Waals surface area contributed by atoms with Gasteiger partial charge in [-0.1, -0.05) is 22.9 Å². The van der Waals surface area contributed by atoms with E-state index in [1.54, 1.807) is 17.4 Å². The number of phenols is 1. The van der Waals surface area contributed by atoms with Gasteiger partial charge in [0.1, 0.15) is 5.75 Å². The van der Waals surface area contributed by atoms with Crippen LogP contribution in [0.2, 0.25) is 0 Å². The SMILES string of the molecule is CCC(NCc1cnc(C)s1)c1cc(Br)ccc1O. The summed E-state index contributed by atoms with van der Waals surface area (Å²) >= 11 is 5.14. The Hall–Kier alpha value is -0.910.